The van der Waals surface area contributed by atoms with Crippen LogP contribution < -0.4 is 5.73 Å². The van der Waals surface area contributed by atoms with Gasteiger partial charge in [0.25, 0.3) is 0 Å². The van der Waals surface area contributed by atoms with Crippen molar-refractivity contribution in [1.82, 2.24) is 0 Å². The molecular formula is C26H42NO8P. The second-order valence-electron chi connectivity index (χ2n) is 7.54. The van der Waals surface area contributed by atoms with Crippen LogP contribution in [0.1, 0.15) is 58.8 Å². The highest BCUT2D eigenvalue weighted by Crippen LogP contribution is 2.43. The van der Waals surface area contributed by atoms with E-state index in [0.717, 1.165) is 19.3 Å². The van der Waals surface area contributed by atoms with Crippen LogP contribution in [0.25, 0.3) is 0 Å². The third-order valence-corrected chi connectivity index (χ3v) is 5.25. The number of nitrogens with two attached hydrogens (primary N) is 1. The van der Waals surface area contributed by atoms with E-state index in [2.05, 4.69) is 17.5 Å². The Labute approximate surface area is 215 Å². The molecule has 0 rings (SSSR count). The monoisotopic (exact) mass is 527 g/mol. The molecule has 9 nitrogen and oxygen atoms in total. The maximum absolute atomic E-state index is 12.2. The molecule has 0 aromatic rings. The summed E-state index contributed by atoms with van der Waals surface area (Å²) in [6.45, 7) is 3.08. The van der Waals surface area contributed by atoms with Gasteiger partial charge in [-0.1, -0.05) is 74.1 Å². The van der Waals surface area contributed by atoms with Crippen LogP contribution >= 0.6 is 7.82 Å². The molecule has 0 aliphatic carbocycles. The lowest BCUT2D eigenvalue weighted by atomic mass is 10.2. The molecule has 10 heteroatoms. The Morgan fingerprint density at radius 1 is 0.861 bits per heavy atom. The van der Waals surface area contributed by atoms with Gasteiger partial charge in [-0.2, -0.15) is 0 Å². The minimum atomic E-state index is -4.38. The summed E-state index contributed by atoms with van der Waals surface area (Å²) in [7, 11) is -4.38. The number of carbonyl (C=O) groups excluding carboxylic acids is 2. The zero-order valence-corrected chi connectivity index (χ0v) is 22.4. The summed E-state index contributed by atoms with van der Waals surface area (Å²) in [5, 5.41) is 0. The Balaban J connectivity index is 4.69. The van der Waals surface area contributed by atoms with Gasteiger partial charge in [0.15, 0.2) is 6.10 Å². The van der Waals surface area contributed by atoms with Crippen LogP contribution in [0, 0.1) is 0 Å². The zero-order chi connectivity index (χ0) is 26.9. The van der Waals surface area contributed by atoms with Gasteiger partial charge in [-0.05, 0) is 32.6 Å². The number of phosphoric ester groups is 1. The van der Waals surface area contributed by atoms with Gasteiger partial charge in [0.05, 0.1) is 26.1 Å². The molecule has 2 atom stereocenters. The SMILES string of the molecule is CC=CCC=CCC=CCC(=O)OC[C@H](COP(=O)(O)OCCN)OC(=O)CC=CCC=CCCC. The molecule has 0 amide bonds. The van der Waals surface area contributed by atoms with Gasteiger partial charge >= 0.3 is 19.8 Å². The summed E-state index contributed by atoms with van der Waals surface area (Å²) in [4.78, 5) is 33.9. The van der Waals surface area contributed by atoms with E-state index in [0.29, 0.717) is 12.8 Å². The first kappa shape index (κ1) is 33.7. The van der Waals surface area contributed by atoms with E-state index in [9.17, 15) is 19.0 Å². The number of phosphoric acid groups is 1. The molecular weight excluding hydrogens is 485 g/mol. The topological polar surface area (TPSA) is 134 Å². The van der Waals surface area contributed by atoms with Crippen LogP contribution in [0.5, 0.6) is 0 Å². The van der Waals surface area contributed by atoms with Crippen molar-refractivity contribution in [3.63, 3.8) is 0 Å². The number of rotatable bonds is 21. The van der Waals surface area contributed by atoms with E-state index in [4.69, 9.17) is 19.7 Å². The molecule has 3 N–H and O–H groups in total. The highest BCUT2D eigenvalue weighted by atomic mass is 31.2. The van der Waals surface area contributed by atoms with Gasteiger partial charge < -0.3 is 20.1 Å². The van der Waals surface area contributed by atoms with E-state index in [1.807, 2.05) is 49.5 Å². The molecule has 0 fully saturated rings. The van der Waals surface area contributed by atoms with Gasteiger partial charge in [-0.3, -0.25) is 18.6 Å². The minimum Gasteiger partial charge on any atom is -0.461 e. The largest absolute Gasteiger partial charge is 0.472 e. The van der Waals surface area contributed by atoms with Crippen molar-refractivity contribution in [3.8, 4) is 0 Å². The van der Waals surface area contributed by atoms with Crippen molar-refractivity contribution in [2.75, 3.05) is 26.4 Å². The average molecular weight is 528 g/mol. The van der Waals surface area contributed by atoms with E-state index in [-0.39, 0.29) is 32.6 Å². The van der Waals surface area contributed by atoms with Gasteiger partial charge in [-0.25, -0.2) is 4.57 Å². The van der Waals surface area contributed by atoms with Crippen LogP contribution in [0.4, 0.5) is 0 Å². The van der Waals surface area contributed by atoms with Gasteiger partial charge in [0, 0.05) is 6.54 Å². The third kappa shape index (κ3) is 22.2. The number of esters is 2. The lowest BCUT2D eigenvalue weighted by Gasteiger charge is -2.19. The van der Waals surface area contributed by atoms with E-state index < -0.39 is 32.5 Å². The first-order valence-corrected chi connectivity index (χ1v) is 13.7. The first-order valence-electron chi connectivity index (χ1n) is 12.2. The summed E-state index contributed by atoms with van der Waals surface area (Å²) in [5.74, 6) is -1.12. The molecule has 0 saturated carbocycles. The first-order chi connectivity index (χ1) is 17.3. The molecule has 0 aliphatic heterocycles. The normalized spacial score (nSPS) is 14.9. The van der Waals surface area contributed by atoms with Gasteiger partial charge in [-0.15, -0.1) is 0 Å². The van der Waals surface area contributed by atoms with Gasteiger partial charge in [0.2, 0.25) is 0 Å². The fraction of sp³-hybridized carbons (Fsp3) is 0.538. The number of ether oxygens (including phenoxy) is 2. The van der Waals surface area contributed by atoms with E-state index in [1.165, 1.54) is 0 Å². The van der Waals surface area contributed by atoms with Crippen molar-refractivity contribution >= 4 is 19.8 Å². The van der Waals surface area contributed by atoms with Gasteiger partial charge in [0.1, 0.15) is 6.61 Å². The molecule has 0 radical (unpaired) electrons. The van der Waals surface area contributed by atoms with Crippen molar-refractivity contribution < 1.29 is 37.6 Å². The lowest BCUT2D eigenvalue weighted by Crippen LogP contribution is -2.29. The molecule has 0 aromatic heterocycles. The predicted octanol–water partition coefficient (Wildman–Crippen LogP) is 5.09. The van der Waals surface area contributed by atoms with Crippen molar-refractivity contribution in [3.05, 3.63) is 60.8 Å². The number of hydrogen-bond acceptors (Lipinski definition) is 8. The fourth-order valence-electron chi connectivity index (χ4n) is 2.47. The zero-order valence-electron chi connectivity index (χ0n) is 21.5. The van der Waals surface area contributed by atoms with Crippen LogP contribution in [0.2, 0.25) is 0 Å². The Morgan fingerprint density at radius 3 is 2.06 bits per heavy atom. The van der Waals surface area contributed by atoms with Crippen molar-refractivity contribution in [1.29, 1.82) is 0 Å². The molecule has 204 valence electrons. The molecule has 0 heterocycles. The maximum Gasteiger partial charge on any atom is 0.472 e. The summed E-state index contributed by atoms with van der Waals surface area (Å²) in [6, 6.07) is 0. The molecule has 0 aliphatic rings. The second-order valence-corrected chi connectivity index (χ2v) is 8.99. The quantitative estimate of drug-likeness (QED) is 0.119. The number of unbranched alkanes of at least 4 members (excludes halogenated alkanes) is 1. The average Bonchev–Trinajstić information content (AvgIpc) is 2.85. The number of hydrogen-bond donors (Lipinski definition) is 2. The molecule has 0 saturated heterocycles. The summed E-state index contributed by atoms with van der Waals surface area (Å²) in [5.41, 5.74) is 5.25. The van der Waals surface area contributed by atoms with Crippen LogP contribution in [-0.4, -0.2) is 49.3 Å². The molecule has 36 heavy (non-hydrogen) atoms. The lowest BCUT2D eigenvalue weighted by molar-refractivity contribution is -0.160. The predicted molar refractivity (Wildman–Crippen MR) is 141 cm³/mol. The molecule has 0 spiro atoms. The Hall–Kier alpha value is -2.29. The Kier molecular flexibility index (Phi) is 21.7. The summed E-state index contributed by atoms with van der Waals surface area (Å²) in [6.07, 6.45) is 22.4. The van der Waals surface area contributed by atoms with Crippen molar-refractivity contribution in [2.45, 2.75) is 64.9 Å². The summed E-state index contributed by atoms with van der Waals surface area (Å²) < 4.78 is 31.9. The number of allylic oxidation sites excluding steroid dienone is 8. The van der Waals surface area contributed by atoms with Crippen molar-refractivity contribution in [2.24, 2.45) is 5.73 Å². The molecule has 0 aromatic carbocycles. The standard InChI is InChI=1S/C26H42NO8P/c1-3-5-7-9-11-13-14-16-18-25(28)32-22-24(23-34-36(30,31)33-21-20-27)35-26(29)19-17-15-12-10-8-6-4-2/h3,5,8-11,14-17,24H,4,6-7,12-13,18-23,27H2,1-2H3,(H,30,31)/t24-/m1/s1. The number of carbonyl (C=O) groups is 2. The smallest absolute Gasteiger partial charge is 0.461 e. The van der Waals surface area contributed by atoms with Crippen LogP contribution in [0.3, 0.4) is 0 Å². The minimum absolute atomic E-state index is 0.00315. The molecule has 0 bridgehead atoms. The molecule has 1 unspecified atom stereocenters. The third-order valence-electron chi connectivity index (χ3n) is 4.27. The Bertz CT molecular complexity index is 789. The second kappa shape index (κ2) is 23.1. The van der Waals surface area contributed by atoms with E-state index in [1.54, 1.807) is 12.2 Å². The maximum atomic E-state index is 12.2. The fourth-order valence-corrected chi connectivity index (χ4v) is 3.24. The van der Waals surface area contributed by atoms with Crippen LogP contribution in [-0.2, 0) is 32.7 Å². The highest BCUT2D eigenvalue weighted by molar-refractivity contribution is 7.47. The van der Waals surface area contributed by atoms with Crippen LogP contribution in [0.15, 0.2) is 60.8 Å². The summed E-state index contributed by atoms with van der Waals surface area (Å²) >= 11 is 0. The Morgan fingerprint density at radius 2 is 1.44 bits per heavy atom. The van der Waals surface area contributed by atoms with E-state index >= 15 is 0 Å². The highest BCUT2D eigenvalue weighted by Gasteiger charge is 2.25.